The van der Waals surface area contributed by atoms with Crippen LogP contribution in [0, 0.1) is 11.7 Å². The Morgan fingerprint density at radius 3 is 2.83 bits per heavy atom. The van der Waals surface area contributed by atoms with Crippen molar-refractivity contribution in [1.82, 2.24) is 0 Å². The molecule has 0 saturated carbocycles. The zero-order chi connectivity index (χ0) is 13.1. The molecule has 1 unspecified atom stereocenters. The first-order valence-electron chi connectivity index (χ1n) is 6.81. The number of hydrogen-bond acceptors (Lipinski definition) is 2. The standard InChI is InChI=1S/C15H22FNO/c1-11-5-4-9-17(10-8-11)14-7-3-6-13(16)15(14)12(2)18/h3,6-7,11-12,18H,4-5,8-10H2,1-2H3/t11?,12-/m0/s1. The van der Waals surface area contributed by atoms with E-state index in [2.05, 4.69) is 11.8 Å². The number of hydrogen-bond donors (Lipinski definition) is 1. The van der Waals surface area contributed by atoms with Crippen LogP contribution in [0.5, 0.6) is 0 Å². The van der Waals surface area contributed by atoms with Gasteiger partial charge in [-0.15, -0.1) is 0 Å². The predicted molar refractivity (Wildman–Crippen MR) is 72.3 cm³/mol. The van der Waals surface area contributed by atoms with Gasteiger partial charge < -0.3 is 10.0 Å². The van der Waals surface area contributed by atoms with Crippen molar-refractivity contribution in [3.8, 4) is 0 Å². The topological polar surface area (TPSA) is 23.5 Å². The minimum atomic E-state index is -0.762. The highest BCUT2D eigenvalue weighted by Crippen LogP contribution is 2.31. The molecule has 1 heterocycles. The molecule has 0 spiro atoms. The molecule has 1 aliphatic heterocycles. The fraction of sp³-hybridized carbons (Fsp3) is 0.600. The van der Waals surface area contributed by atoms with Gasteiger partial charge in [0, 0.05) is 24.3 Å². The molecule has 2 atom stereocenters. The Hall–Kier alpha value is -1.09. The first-order valence-corrected chi connectivity index (χ1v) is 6.81. The van der Waals surface area contributed by atoms with Crippen molar-refractivity contribution in [3.05, 3.63) is 29.6 Å². The molecule has 3 heteroatoms. The average molecular weight is 251 g/mol. The van der Waals surface area contributed by atoms with Gasteiger partial charge in [0.2, 0.25) is 0 Å². The molecule has 2 nitrogen and oxygen atoms in total. The van der Waals surface area contributed by atoms with E-state index in [1.807, 2.05) is 6.07 Å². The summed E-state index contributed by atoms with van der Waals surface area (Å²) in [6, 6.07) is 5.07. The molecule has 18 heavy (non-hydrogen) atoms. The molecule has 0 aliphatic carbocycles. The molecule has 1 aromatic rings. The van der Waals surface area contributed by atoms with Gasteiger partial charge in [-0.25, -0.2) is 4.39 Å². The first-order chi connectivity index (χ1) is 8.59. The lowest BCUT2D eigenvalue weighted by Crippen LogP contribution is -2.26. The van der Waals surface area contributed by atoms with Crippen LogP contribution in [0.3, 0.4) is 0 Å². The van der Waals surface area contributed by atoms with E-state index in [4.69, 9.17) is 0 Å². The third-order valence-electron chi connectivity index (χ3n) is 3.81. The summed E-state index contributed by atoms with van der Waals surface area (Å²) in [5.41, 5.74) is 1.30. The Morgan fingerprint density at radius 1 is 1.33 bits per heavy atom. The average Bonchev–Trinajstić information content (AvgIpc) is 2.53. The van der Waals surface area contributed by atoms with E-state index in [1.165, 1.54) is 12.5 Å². The van der Waals surface area contributed by atoms with Crippen LogP contribution in [0.15, 0.2) is 18.2 Å². The molecule has 100 valence electrons. The molecule has 1 aromatic carbocycles. The fourth-order valence-corrected chi connectivity index (χ4v) is 2.72. The number of nitrogens with zero attached hydrogens (tertiary/aromatic N) is 1. The maximum absolute atomic E-state index is 13.8. The Labute approximate surface area is 108 Å². The second kappa shape index (κ2) is 5.70. The van der Waals surface area contributed by atoms with E-state index in [1.54, 1.807) is 13.0 Å². The fourth-order valence-electron chi connectivity index (χ4n) is 2.72. The highest BCUT2D eigenvalue weighted by molar-refractivity contribution is 5.55. The Bertz CT molecular complexity index is 405. The SMILES string of the molecule is CC1CCCN(c2cccc(F)c2[C@H](C)O)CC1. The quantitative estimate of drug-likeness (QED) is 0.869. The molecule has 0 radical (unpaired) electrons. The smallest absolute Gasteiger partial charge is 0.131 e. The van der Waals surface area contributed by atoms with Crippen LogP contribution in [0.1, 0.15) is 44.8 Å². The molecular formula is C15H22FNO. The zero-order valence-corrected chi connectivity index (χ0v) is 11.2. The van der Waals surface area contributed by atoms with Gasteiger partial charge in [-0.3, -0.25) is 0 Å². The summed E-state index contributed by atoms with van der Waals surface area (Å²) in [7, 11) is 0. The first kappa shape index (κ1) is 13.3. The van der Waals surface area contributed by atoms with Crippen molar-refractivity contribution in [2.75, 3.05) is 18.0 Å². The molecule has 2 rings (SSSR count). The van der Waals surface area contributed by atoms with Crippen LogP contribution in [0.4, 0.5) is 10.1 Å². The van der Waals surface area contributed by atoms with E-state index < -0.39 is 6.10 Å². The van der Waals surface area contributed by atoms with Crippen molar-refractivity contribution in [2.45, 2.75) is 39.2 Å². The van der Waals surface area contributed by atoms with E-state index in [0.717, 1.165) is 37.5 Å². The van der Waals surface area contributed by atoms with Crippen molar-refractivity contribution in [1.29, 1.82) is 0 Å². The van der Waals surface area contributed by atoms with Crippen molar-refractivity contribution >= 4 is 5.69 Å². The summed E-state index contributed by atoms with van der Waals surface area (Å²) in [5, 5.41) is 9.77. The normalized spacial score (nSPS) is 22.7. The second-order valence-electron chi connectivity index (χ2n) is 5.37. The van der Waals surface area contributed by atoms with E-state index in [9.17, 15) is 9.50 Å². The lowest BCUT2D eigenvalue weighted by Gasteiger charge is -2.26. The highest BCUT2D eigenvalue weighted by atomic mass is 19.1. The van der Waals surface area contributed by atoms with Crippen LogP contribution in [0.25, 0.3) is 0 Å². The summed E-state index contributed by atoms with van der Waals surface area (Å²) in [5.74, 6) is 0.429. The minimum absolute atomic E-state index is 0.306. The molecule has 0 aromatic heterocycles. The number of rotatable bonds is 2. The molecule has 1 fully saturated rings. The number of benzene rings is 1. The molecule has 1 N–H and O–H groups in total. The van der Waals surface area contributed by atoms with Crippen LogP contribution in [-0.4, -0.2) is 18.2 Å². The number of anilines is 1. The van der Waals surface area contributed by atoms with E-state index >= 15 is 0 Å². The maximum atomic E-state index is 13.8. The monoisotopic (exact) mass is 251 g/mol. The Balaban J connectivity index is 2.29. The van der Waals surface area contributed by atoms with Gasteiger partial charge in [-0.1, -0.05) is 13.0 Å². The van der Waals surface area contributed by atoms with Crippen LogP contribution >= 0.6 is 0 Å². The largest absolute Gasteiger partial charge is 0.389 e. The lowest BCUT2D eigenvalue weighted by atomic mass is 10.0. The molecule has 0 bridgehead atoms. The second-order valence-corrected chi connectivity index (χ2v) is 5.37. The van der Waals surface area contributed by atoms with Crippen LogP contribution in [0.2, 0.25) is 0 Å². The molecule has 1 aliphatic rings. The van der Waals surface area contributed by atoms with Gasteiger partial charge in [0.1, 0.15) is 5.82 Å². The number of aliphatic hydroxyl groups excluding tert-OH is 1. The summed E-state index contributed by atoms with van der Waals surface area (Å²) >= 11 is 0. The molecule has 0 amide bonds. The summed E-state index contributed by atoms with van der Waals surface area (Å²) in [4.78, 5) is 2.22. The minimum Gasteiger partial charge on any atom is -0.389 e. The van der Waals surface area contributed by atoms with Crippen molar-refractivity contribution < 1.29 is 9.50 Å². The third-order valence-corrected chi connectivity index (χ3v) is 3.81. The molecular weight excluding hydrogens is 229 g/mol. The van der Waals surface area contributed by atoms with Crippen molar-refractivity contribution in [2.24, 2.45) is 5.92 Å². The highest BCUT2D eigenvalue weighted by Gasteiger charge is 2.20. The summed E-state index contributed by atoms with van der Waals surface area (Å²) < 4.78 is 13.8. The van der Waals surface area contributed by atoms with Gasteiger partial charge in [-0.05, 0) is 44.2 Å². The van der Waals surface area contributed by atoms with E-state index in [-0.39, 0.29) is 5.82 Å². The van der Waals surface area contributed by atoms with E-state index in [0.29, 0.717) is 5.56 Å². The maximum Gasteiger partial charge on any atom is 0.131 e. The lowest BCUT2D eigenvalue weighted by molar-refractivity contribution is 0.194. The predicted octanol–water partition coefficient (Wildman–Crippen LogP) is 3.51. The Kier molecular flexibility index (Phi) is 4.23. The van der Waals surface area contributed by atoms with Crippen LogP contribution < -0.4 is 4.90 Å². The van der Waals surface area contributed by atoms with Crippen LogP contribution in [-0.2, 0) is 0 Å². The summed E-state index contributed by atoms with van der Waals surface area (Å²) in [6.07, 6.45) is 2.74. The number of aliphatic hydroxyl groups is 1. The summed E-state index contributed by atoms with van der Waals surface area (Å²) in [6.45, 7) is 5.80. The Morgan fingerprint density at radius 2 is 2.11 bits per heavy atom. The van der Waals surface area contributed by atoms with Crippen molar-refractivity contribution in [3.63, 3.8) is 0 Å². The molecule has 1 saturated heterocycles. The number of halogens is 1. The van der Waals surface area contributed by atoms with Gasteiger partial charge in [0.25, 0.3) is 0 Å². The zero-order valence-electron chi connectivity index (χ0n) is 11.2. The third kappa shape index (κ3) is 2.83. The van der Waals surface area contributed by atoms with Gasteiger partial charge in [0.05, 0.1) is 6.10 Å². The van der Waals surface area contributed by atoms with Gasteiger partial charge >= 0.3 is 0 Å². The van der Waals surface area contributed by atoms with Gasteiger partial charge in [0.15, 0.2) is 0 Å². The van der Waals surface area contributed by atoms with Gasteiger partial charge in [-0.2, -0.15) is 0 Å².